The van der Waals surface area contributed by atoms with Crippen molar-refractivity contribution in [1.29, 1.82) is 0 Å². The van der Waals surface area contributed by atoms with Crippen LogP contribution in [-0.2, 0) is 11.8 Å². The van der Waals surface area contributed by atoms with Crippen LogP contribution in [-0.4, -0.2) is 11.3 Å². The molecule has 0 unspecified atom stereocenters. The summed E-state index contributed by atoms with van der Waals surface area (Å²) in [6.07, 6.45) is 14.1. The third kappa shape index (κ3) is 3.48. The van der Waals surface area contributed by atoms with Crippen molar-refractivity contribution in [2.75, 3.05) is 0 Å². The fraction of sp³-hybridized carbons (Fsp3) is 1.00. The minimum atomic E-state index is -1.32. The molecule has 2 fully saturated rings. The van der Waals surface area contributed by atoms with E-state index in [-0.39, 0.29) is 6.15 Å². The van der Waals surface area contributed by atoms with Gasteiger partial charge >= 0.3 is 0 Å². The summed E-state index contributed by atoms with van der Waals surface area (Å²) < 4.78 is 0. The molecule has 0 heterocycles. The number of hydrogen-bond donors (Lipinski definition) is 2. The van der Waals surface area contributed by atoms with Crippen molar-refractivity contribution in [3.05, 3.63) is 0 Å². The van der Waals surface area contributed by atoms with E-state index < -0.39 is 5.24 Å². The van der Waals surface area contributed by atoms with Gasteiger partial charge in [0.2, 0.25) is 0 Å². The number of thiol groups is 1. The lowest BCUT2D eigenvalue weighted by atomic mass is 10.00. The molecule has 2 rings (SSSR count). The molecular formula is C12H26NPS2. The van der Waals surface area contributed by atoms with E-state index in [1.807, 2.05) is 0 Å². The fourth-order valence-electron chi connectivity index (χ4n) is 3.20. The highest BCUT2D eigenvalue weighted by Crippen LogP contribution is 2.66. The van der Waals surface area contributed by atoms with Gasteiger partial charge in [0, 0.05) is 5.24 Å². The van der Waals surface area contributed by atoms with Crippen molar-refractivity contribution in [2.45, 2.75) is 75.5 Å². The first-order chi connectivity index (χ1) is 7.21. The molecule has 4 heteroatoms. The topological polar surface area (TPSA) is 35.0 Å². The van der Waals surface area contributed by atoms with Gasteiger partial charge in [0.15, 0.2) is 0 Å². The smallest absolute Gasteiger partial charge is 0.00931 e. The van der Waals surface area contributed by atoms with E-state index in [1.165, 1.54) is 64.2 Å². The highest BCUT2D eigenvalue weighted by Gasteiger charge is 2.34. The van der Waals surface area contributed by atoms with E-state index in [2.05, 4.69) is 0 Å². The van der Waals surface area contributed by atoms with Gasteiger partial charge < -0.3 is 6.15 Å². The second-order valence-electron chi connectivity index (χ2n) is 5.26. The first-order valence-corrected chi connectivity index (χ1v) is 10.6. The molecule has 2 aliphatic rings. The van der Waals surface area contributed by atoms with Gasteiger partial charge in [-0.3, -0.25) is 0 Å². The normalized spacial score (nSPS) is 25.1. The van der Waals surface area contributed by atoms with Crippen molar-refractivity contribution in [3.63, 3.8) is 0 Å². The van der Waals surface area contributed by atoms with E-state index in [1.54, 1.807) is 0 Å². The van der Waals surface area contributed by atoms with Gasteiger partial charge in [0.1, 0.15) is 0 Å². The standard InChI is InChI=1S/C12H23PS2.H3N/c14-13(15,11-7-3-1-4-8-11)12-9-5-2-6-10-12;/h11-12H,1-10H2,(H,14,15);1H3. The van der Waals surface area contributed by atoms with Gasteiger partial charge in [0.05, 0.1) is 0 Å². The van der Waals surface area contributed by atoms with Crippen LogP contribution in [0.1, 0.15) is 64.2 Å². The Morgan fingerprint density at radius 1 is 0.750 bits per heavy atom. The lowest BCUT2D eigenvalue weighted by molar-refractivity contribution is 0.488. The van der Waals surface area contributed by atoms with Crippen LogP contribution in [0.4, 0.5) is 0 Å². The maximum Gasteiger partial charge on any atom is 0.00931 e. The van der Waals surface area contributed by atoms with Crippen molar-refractivity contribution >= 4 is 29.3 Å². The summed E-state index contributed by atoms with van der Waals surface area (Å²) >= 11 is 11.0. The zero-order chi connectivity index (χ0) is 10.7. The molecule has 16 heavy (non-hydrogen) atoms. The highest BCUT2D eigenvalue weighted by molar-refractivity contribution is 8.63. The number of hydrogen-bond acceptors (Lipinski definition) is 2. The van der Waals surface area contributed by atoms with Crippen molar-refractivity contribution in [1.82, 2.24) is 6.15 Å². The van der Waals surface area contributed by atoms with Crippen LogP contribution in [0.2, 0.25) is 0 Å². The Labute approximate surface area is 111 Å². The van der Waals surface area contributed by atoms with Crippen LogP contribution < -0.4 is 6.15 Å². The molecule has 1 nitrogen and oxygen atoms in total. The SMILES string of the molecule is N.S=P(S)(C1CCCCC1)C1CCCCC1. The van der Waals surface area contributed by atoms with Gasteiger partial charge in [-0.05, 0) is 37.0 Å². The van der Waals surface area contributed by atoms with E-state index >= 15 is 0 Å². The third-order valence-electron chi connectivity index (χ3n) is 4.20. The average molecular weight is 279 g/mol. The van der Waals surface area contributed by atoms with Crippen LogP contribution in [0.3, 0.4) is 0 Å². The fourth-order valence-corrected chi connectivity index (χ4v) is 8.66. The summed E-state index contributed by atoms with van der Waals surface area (Å²) in [6.45, 7) is 0. The average Bonchev–Trinajstić information content (AvgIpc) is 2.31. The molecule has 0 amide bonds. The zero-order valence-electron chi connectivity index (χ0n) is 10.2. The molecule has 0 aromatic carbocycles. The second kappa shape index (κ2) is 6.78. The van der Waals surface area contributed by atoms with Gasteiger partial charge in [0.25, 0.3) is 0 Å². The Kier molecular flexibility index (Phi) is 6.36. The molecule has 2 aliphatic carbocycles. The lowest BCUT2D eigenvalue weighted by Crippen LogP contribution is -2.20. The molecule has 0 atom stereocenters. The Balaban J connectivity index is 0.00000128. The molecule has 96 valence electrons. The van der Waals surface area contributed by atoms with E-state index in [9.17, 15) is 0 Å². The predicted octanol–water partition coefficient (Wildman–Crippen LogP) is 5.14. The summed E-state index contributed by atoms with van der Waals surface area (Å²) in [7, 11) is 0. The highest BCUT2D eigenvalue weighted by atomic mass is 32.9. The molecular weight excluding hydrogens is 253 g/mol. The summed E-state index contributed by atoms with van der Waals surface area (Å²) in [5.41, 5.74) is 1.65. The predicted molar refractivity (Wildman–Crippen MR) is 82.0 cm³/mol. The lowest BCUT2D eigenvalue weighted by Gasteiger charge is -2.38. The zero-order valence-corrected chi connectivity index (χ0v) is 12.8. The first-order valence-electron chi connectivity index (χ1n) is 6.53. The van der Waals surface area contributed by atoms with Crippen LogP contribution in [0, 0.1) is 0 Å². The van der Waals surface area contributed by atoms with Crippen molar-refractivity contribution in [3.8, 4) is 0 Å². The van der Waals surface area contributed by atoms with E-state index in [0.717, 1.165) is 11.3 Å². The van der Waals surface area contributed by atoms with Crippen LogP contribution >= 0.6 is 17.5 Å². The molecule has 0 saturated heterocycles. The van der Waals surface area contributed by atoms with Gasteiger partial charge in [-0.15, -0.1) is 12.2 Å². The molecule has 3 N–H and O–H groups in total. The maximum atomic E-state index is 5.96. The molecule has 0 spiro atoms. The monoisotopic (exact) mass is 279 g/mol. The largest absolute Gasteiger partial charge is 0.344 e. The van der Waals surface area contributed by atoms with Crippen molar-refractivity contribution < 1.29 is 0 Å². The molecule has 0 bridgehead atoms. The van der Waals surface area contributed by atoms with Crippen LogP contribution in [0.25, 0.3) is 0 Å². The Bertz CT molecular complexity index is 223. The van der Waals surface area contributed by atoms with E-state index in [0.29, 0.717) is 0 Å². The summed E-state index contributed by atoms with van der Waals surface area (Å²) in [5, 5.41) is -1.32. The minimum Gasteiger partial charge on any atom is -0.344 e. The van der Waals surface area contributed by atoms with E-state index in [4.69, 9.17) is 24.1 Å². The van der Waals surface area contributed by atoms with Gasteiger partial charge in [-0.1, -0.05) is 50.3 Å². The third-order valence-corrected chi connectivity index (χ3v) is 11.1. The number of rotatable bonds is 2. The Morgan fingerprint density at radius 2 is 1.06 bits per heavy atom. The van der Waals surface area contributed by atoms with Crippen LogP contribution in [0.5, 0.6) is 0 Å². The summed E-state index contributed by atoms with van der Waals surface area (Å²) in [4.78, 5) is 0. The Morgan fingerprint density at radius 3 is 1.38 bits per heavy atom. The first kappa shape index (κ1) is 15.0. The molecule has 0 aromatic heterocycles. The second-order valence-corrected chi connectivity index (χ2v) is 12.7. The minimum absolute atomic E-state index is 0. The summed E-state index contributed by atoms with van der Waals surface area (Å²) in [6, 6.07) is 0. The summed E-state index contributed by atoms with van der Waals surface area (Å²) in [5.74, 6) is 0. The van der Waals surface area contributed by atoms with Gasteiger partial charge in [-0.2, -0.15) is 0 Å². The molecule has 0 aliphatic heterocycles. The molecule has 0 aromatic rings. The van der Waals surface area contributed by atoms with Gasteiger partial charge in [-0.25, -0.2) is 0 Å². The van der Waals surface area contributed by atoms with Crippen LogP contribution in [0.15, 0.2) is 0 Å². The molecule has 2 saturated carbocycles. The van der Waals surface area contributed by atoms with Crippen molar-refractivity contribution in [2.24, 2.45) is 0 Å². The quantitative estimate of drug-likeness (QED) is 0.542. The Hall–Kier alpha value is 0.960. The maximum absolute atomic E-state index is 5.96. The molecule has 0 radical (unpaired) electrons.